The minimum atomic E-state index is -0.283. The molecule has 1 aromatic heterocycles. The second kappa shape index (κ2) is 5.40. The molecule has 20 heavy (non-hydrogen) atoms. The van der Waals surface area contributed by atoms with Crippen LogP contribution < -0.4 is 0 Å². The van der Waals surface area contributed by atoms with Gasteiger partial charge in [0.1, 0.15) is 5.82 Å². The Labute approximate surface area is 115 Å². The molecular formula is C14H14FN3O2. The monoisotopic (exact) mass is 275 g/mol. The van der Waals surface area contributed by atoms with E-state index in [1.807, 2.05) is 6.07 Å². The first-order valence-corrected chi connectivity index (χ1v) is 6.54. The number of likely N-dealkylation sites (tertiary alicyclic amines) is 1. The summed E-state index contributed by atoms with van der Waals surface area (Å²) in [6, 6.07) is 6.29. The molecule has 0 N–H and O–H groups in total. The number of hydrogen-bond donors (Lipinski definition) is 0. The third-order valence-corrected chi connectivity index (χ3v) is 3.26. The molecule has 5 nitrogen and oxygen atoms in total. The number of hydrogen-bond acceptors (Lipinski definition) is 4. The Morgan fingerprint density at radius 3 is 3.05 bits per heavy atom. The zero-order chi connectivity index (χ0) is 13.9. The predicted octanol–water partition coefficient (Wildman–Crippen LogP) is 1.92. The number of halogens is 1. The van der Waals surface area contributed by atoms with Gasteiger partial charge in [-0.1, -0.05) is 17.3 Å². The highest BCUT2D eigenvalue weighted by molar-refractivity contribution is 5.77. The molecule has 0 unspecified atom stereocenters. The first-order valence-electron chi connectivity index (χ1n) is 6.54. The fourth-order valence-electron chi connectivity index (χ4n) is 2.29. The zero-order valence-corrected chi connectivity index (χ0v) is 10.9. The van der Waals surface area contributed by atoms with Crippen molar-refractivity contribution in [1.29, 1.82) is 0 Å². The summed E-state index contributed by atoms with van der Waals surface area (Å²) in [7, 11) is 0. The maximum absolute atomic E-state index is 13.1. The van der Waals surface area contributed by atoms with E-state index in [2.05, 4.69) is 10.1 Å². The van der Waals surface area contributed by atoms with Crippen LogP contribution in [-0.4, -0.2) is 27.5 Å². The van der Waals surface area contributed by atoms with Crippen molar-refractivity contribution in [2.24, 2.45) is 0 Å². The summed E-state index contributed by atoms with van der Waals surface area (Å²) in [5, 5.41) is 3.86. The Morgan fingerprint density at radius 1 is 1.40 bits per heavy atom. The van der Waals surface area contributed by atoms with Crippen LogP contribution in [-0.2, 0) is 17.8 Å². The average molecular weight is 275 g/mol. The number of rotatable bonds is 4. The van der Waals surface area contributed by atoms with E-state index in [-0.39, 0.29) is 11.7 Å². The van der Waals surface area contributed by atoms with Gasteiger partial charge in [-0.2, -0.15) is 4.98 Å². The highest BCUT2D eigenvalue weighted by Crippen LogP contribution is 2.14. The van der Waals surface area contributed by atoms with Gasteiger partial charge in [-0.05, 0) is 24.1 Å². The van der Waals surface area contributed by atoms with Gasteiger partial charge in [0.25, 0.3) is 0 Å². The second-order valence-electron chi connectivity index (χ2n) is 4.83. The molecule has 1 fully saturated rings. The number of amides is 1. The van der Waals surface area contributed by atoms with Crippen molar-refractivity contribution in [3.8, 4) is 0 Å². The van der Waals surface area contributed by atoms with Gasteiger partial charge in [-0.25, -0.2) is 4.39 Å². The number of aromatic nitrogens is 2. The largest absolute Gasteiger partial charge is 0.337 e. The number of benzene rings is 1. The van der Waals surface area contributed by atoms with Crippen molar-refractivity contribution in [2.45, 2.75) is 25.8 Å². The van der Waals surface area contributed by atoms with Crippen LogP contribution >= 0.6 is 0 Å². The molecular weight excluding hydrogens is 261 g/mol. The van der Waals surface area contributed by atoms with Gasteiger partial charge in [-0.3, -0.25) is 4.79 Å². The molecule has 0 saturated carbocycles. The van der Waals surface area contributed by atoms with Crippen molar-refractivity contribution in [1.82, 2.24) is 15.0 Å². The SMILES string of the molecule is O=C1CCCN1Cc1nc(Cc2cccc(F)c2)no1. The van der Waals surface area contributed by atoms with Crippen LogP contribution in [0.4, 0.5) is 4.39 Å². The van der Waals surface area contributed by atoms with Gasteiger partial charge in [0, 0.05) is 19.4 Å². The van der Waals surface area contributed by atoms with E-state index < -0.39 is 0 Å². The molecule has 1 aromatic carbocycles. The van der Waals surface area contributed by atoms with Crippen molar-refractivity contribution < 1.29 is 13.7 Å². The highest BCUT2D eigenvalue weighted by Gasteiger charge is 2.22. The van der Waals surface area contributed by atoms with E-state index in [9.17, 15) is 9.18 Å². The fraction of sp³-hybridized carbons (Fsp3) is 0.357. The Bertz CT molecular complexity index is 626. The summed E-state index contributed by atoms with van der Waals surface area (Å²) >= 11 is 0. The maximum atomic E-state index is 13.1. The van der Waals surface area contributed by atoms with Gasteiger partial charge in [-0.15, -0.1) is 0 Å². The third kappa shape index (κ3) is 2.84. The lowest BCUT2D eigenvalue weighted by Gasteiger charge is -2.11. The van der Waals surface area contributed by atoms with Gasteiger partial charge >= 0.3 is 0 Å². The lowest BCUT2D eigenvalue weighted by Crippen LogP contribution is -2.23. The molecule has 0 aliphatic carbocycles. The van der Waals surface area contributed by atoms with Crippen molar-refractivity contribution in [2.75, 3.05) is 6.54 Å². The highest BCUT2D eigenvalue weighted by atomic mass is 19.1. The Hall–Kier alpha value is -2.24. The summed E-state index contributed by atoms with van der Waals surface area (Å²) in [4.78, 5) is 17.5. The second-order valence-corrected chi connectivity index (χ2v) is 4.83. The van der Waals surface area contributed by atoms with Crippen LogP contribution in [0.3, 0.4) is 0 Å². The molecule has 1 amide bonds. The van der Waals surface area contributed by atoms with E-state index >= 15 is 0 Å². The Balaban J connectivity index is 1.66. The molecule has 104 valence electrons. The van der Waals surface area contributed by atoms with Gasteiger partial charge in [0.15, 0.2) is 5.82 Å². The van der Waals surface area contributed by atoms with Crippen LogP contribution in [0, 0.1) is 5.82 Å². The number of nitrogens with zero attached hydrogens (tertiary/aromatic N) is 3. The van der Waals surface area contributed by atoms with Crippen LogP contribution in [0.5, 0.6) is 0 Å². The van der Waals surface area contributed by atoms with Crippen LogP contribution in [0.25, 0.3) is 0 Å². The first kappa shape index (κ1) is 12.8. The first-order chi connectivity index (χ1) is 9.70. The lowest BCUT2D eigenvalue weighted by atomic mass is 10.1. The molecule has 2 aromatic rings. The van der Waals surface area contributed by atoms with E-state index in [1.54, 1.807) is 11.0 Å². The van der Waals surface area contributed by atoms with E-state index in [0.717, 1.165) is 18.5 Å². The van der Waals surface area contributed by atoms with Gasteiger partial charge < -0.3 is 9.42 Å². The molecule has 3 rings (SSSR count). The molecule has 1 saturated heterocycles. The van der Waals surface area contributed by atoms with E-state index in [0.29, 0.717) is 31.1 Å². The molecule has 0 radical (unpaired) electrons. The van der Waals surface area contributed by atoms with Crippen molar-refractivity contribution in [3.63, 3.8) is 0 Å². The summed E-state index contributed by atoms with van der Waals surface area (Å²) in [5.74, 6) is 0.757. The molecule has 2 heterocycles. The maximum Gasteiger partial charge on any atom is 0.246 e. The molecule has 1 aliphatic heterocycles. The van der Waals surface area contributed by atoms with Gasteiger partial charge in [0.05, 0.1) is 6.54 Å². The normalized spacial score (nSPS) is 15.1. The Kier molecular flexibility index (Phi) is 3.45. The summed E-state index contributed by atoms with van der Waals surface area (Å²) in [6.07, 6.45) is 1.88. The average Bonchev–Trinajstić information content (AvgIpc) is 3.01. The number of carbonyl (C=O) groups excluding carboxylic acids is 1. The number of carbonyl (C=O) groups is 1. The minimum Gasteiger partial charge on any atom is -0.337 e. The zero-order valence-electron chi connectivity index (χ0n) is 10.9. The van der Waals surface area contributed by atoms with E-state index in [1.165, 1.54) is 12.1 Å². The molecule has 0 atom stereocenters. The molecule has 0 spiro atoms. The summed E-state index contributed by atoms with van der Waals surface area (Å²) in [5.41, 5.74) is 0.787. The molecule has 6 heteroatoms. The fourth-order valence-corrected chi connectivity index (χ4v) is 2.29. The van der Waals surface area contributed by atoms with Crippen LogP contribution in [0.15, 0.2) is 28.8 Å². The topological polar surface area (TPSA) is 59.2 Å². The quantitative estimate of drug-likeness (QED) is 0.855. The predicted molar refractivity (Wildman–Crippen MR) is 68.2 cm³/mol. The molecule has 1 aliphatic rings. The minimum absolute atomic E-state index is 0.120. The van der Waals surface area contributed by atoms with Crippen LogP contribution in [0.2, 0.25) is 0 Å². The smallest absolute Gasteiger partial charge is 0.246 e. The van der Waals surface area contributed by atoms with Gasteiger partial charge in [0.2, 0.25) is 11.8 Å². The summed E-state index contributed by atoms with van der Waals surface area (Å²) < 4.78 is 18.2. The van der Waals surface area contributed by atoms with Crippen LogP contribution in [0.1, 0.15) is 30.1 Å². The third-order valence-electron chi connectivity index (χ3n) is 3.26. The standard InChI is InChI=1S/C14H14FN3O2/c15-11-4-1-3-10(7-11)8-12-16-13(20-17-12)9-18-6-2-5-14(18)19/h1,3-4,7H,2,5-6,8-9H2. The van der Waals surface area contributed by atoms with Crippen molar-refractivity contribution in [3.05, 3.63) is 47.4 Å². The van der Waals surface area contributed by atoms with E-state index in [4.69, 9.17) is 4.52 Å². The summed E-state index contributed by atoms with van der Waals surface area (Å²) in [6.45, 7) is 1.09. The molecule has 0 bridgehead atoms. The Morgan fingerprint density at radius 2 is 2.30 bits per heavy atom. The lowest BCUT2D eigenvalue weighted by molar-refractivity contribution is -0.128. The van der Waals surface area contributed by atoms with Crippen molar-refractivity contribution >= 4 is 5.91 Å².